The van der Waals surface area contributed by atoms with Gasteiger partial charge in [0, 0.05) is 18.3 Å². The number of hydrogen-bond acceptors (Lipinski definition) is 6. The number of carbonyl (C=O) groups excluding carboxylic acids is 1. The molecule has 0 saturated carbocycles. The number of imidazole rings is 1. The monoisotopic (exact) mass is 429 g/mol. The van der Waals surface area contributed by atoms with E-state index in [2.05, 4.69) is 15.3 Å². The van der Waals surface area contributed by atoms with Crippen LogP contribution in [0.5, 0.6) is 0 Å². The first-order valence-corrected chi connectivity index (χ1v) is 10.5. The molecule has 4 aromatic rings. The topological polar surface area (TPSA) is 91.0 Å². The minimum absolute atomic E-state index is 0.0874. The number of hydrogen-bond donors (Lipinski definition) is 1. The Morgan fingerprint density at radius 1 is 1.19 bits per heavy atom. The SMILES string of the molecule is COC(=O)c1ccc(-c2ccc(-n3c(=O)n(C4CCNC4)c4ncccc43)cn2)c(C)c1. The Hall–Kier alpha value is -3.78. The Morgan fingerprint density at radius 3 is 2.75 bits per heavy atom. The lowest BCUT2D eigenvalue weighted by Crippen LogP contribution is -2.28. The van der Waals surface area contributed by atoms with Crippen LogP contribution < -0.4 is 11.0 Å². The molecule has 1 N–H and O–H groups in total. The Balaban J connectivity index is 1.56. The fraction of sp³-hybridized carbons (Fsp3) is 0.250. The molecular formula is C24H23N5O3. The molecule has 8 heteroatoms. The average Bonchev–Trinajstić information content (AvgIpc) is 3.44. The molecule has 1 aliphatic rings. The fourth-order valence-corrected chi connectivity index (χ4v) is 4.36. The first-order valence-electron chi connectivity index (χ1n) is 10.5. The maximum Gasteiger partial charge on any atom is 0.337 e. The van der Waals surface area contributed by atoms with Crippen LogP contribution in [0.1, 0.15) is 28.4 Å². The Morgan fingerprint density at radius 2 is 2.06 bits per heavy atom. The number of pyridine rings is 2. The molecule has 0 aliphatic carbocycles. The van der Waals surface area contributed by atoms with Crippen molar-refractivity contribution in [2.24, 2.45) is 0 Å². The molecule has 162 valence electrons. The van der Waals surface area contributed by atoms with Crippen LogP contribution >= 0.6 is 0 Å². The summed E-state index contributed by atoms with van der Waals surface area (Å²) in [5.74, 6) is -0.371. The zero-order valence-electron chi connectivity index (χ0n) is 17.9. The highest BCUT2D eigenvalue weighted by atomic mass is 16.5. The van der Waals surface area contributed by atoms with Crippen molar-refractivity contribution in [2.75, 3.05) is 20.2 Å². The van der Waals surface area contributed by atoms with Crippen molar-refractivity contribution < 1.29 is 9.53 Å². The van der Waals surface area contributed by atoms with E-state index in [4.69, 9.17) is 4.74 Å². The lowest BCUT2D eigenvalue weighted by molar-refractivity contribution is 0.0600. The number of benzene rings is 1. The second-order valence-electron chi connectivity index (χ2n) is 7.90. The molecule has 1 aromatic carbocycles. The molecule has 8 nitrogen and oxygen atoms in total. The van der Waals surface area contributed by atoms with Gasteiger partial charge in [0.1, 0.15) is 0 Å². The van der Waals surface area contributed by atoms with Crippen LogP contribution in [0, 0.1) is 6.92 Å². The zero-order chi connectivity index (χ0) is 22.2. The van der Waals surface area contributed by atoms with Gasteiger partial charge in [-0.3, -0.25) is 14.1 Å². The molecule has 0 spiro atoms. The van der Waals surface area contributed by atoms with E-state index in [-0.39, 0.29) is 17.7 Å². The van der Waals surface area contributed by atoms with E-state index in [9.17, 15) is 9.59 Å². The van der Waals surface area contributed by atoms with Crippen LogP contribution in [-0.2, 0) is 4.74 Å². The van der Waals surface area contributed by atoms with Crippen molar-refractivity contribution in [3.05, 3.63) is 76.5 Å². The summed E-state index contributed by atoms with van der Waals surface area (Å²) in [6, 6.07) is 13.0. The van der Waals surface area contributed by atoms with Crippen LogP contribution in [0.25, 0.3) is 28.1 Å². The largest absolute Gasteiger partial charge is 0.465 e. The molecule has 1 saturated heterocycles. The molecule has 0 bridgehead atoms. The number of nitrogens with zero attached hydrogens (tertiary/aromatic N) is 4. The van der Waals surface area contributed by atoms with Crippen LogP contribution in [0.4, 0.5) is 0 Å². The minimum atomic E-state index is -0.371. The average molecular weight is 429 g/mol. The highest BCUT2D eigenvalue weighted by Gasteiger charge is 2.24. The third-order valence-electron chi connectivity index (χ3n) is 5.96. The van der Waals surface area contributed by atoms with Gasteiger partial charge in [-0.1, -0.05) is 6.07 Å². The van der Waals surface area contributed by atoms with Crippen LogP contribution in [-0.4, -0.2) is 45.3 Å². The predicted molar refractivity (Wildman–Crippen MR) is 121 cm³/mol. The number of ether oxygens (including phenoxy) is 1. The molecular weight excluding hydrogens is 406 g/mol. The van der Waals surface area contributed by atoms with Gasteiger partial charge in [-0.05, 0) is 61.9 Å². The first-order chi connectivity index (χ1) is 15.6. The van der Waals surface area contributed by atoms with Crippen LogP contribution in [0.15, 0.2) is 59.7 Å². The molecule has 0 radical (unpaired) electrons. The summed E-state index contributed by atoms with van der Waals surface area (Å²) in [6.07, 6.45) is 4.31. The molecule has 1 unspecified atom stereocenters. The summed E-state index contributed by atoms with van der Waals surface area (Å²) >= 11 is 0. The quantitative estimate of drug-likeness (QED) is 0.502. The van der Waals surface area contributed by atoms with Crippen LogP contribution in [0.3, 0.4) is 0 Å². The van der Waals surface area contributed by atoms with Gasteiger partial charge in [0.25, 0.3) is 0 Å². The lowest BCUT2D eigenvalue weighted by atomic mass is 10.0. The van der Waals surface area contributed by atoms with E-state index in [1.54, 1.807) is 33.7 Å². The summed E-state index contributed by atoms with van der Waals surface area (Å²) in [6.45, 7) is 3.57. The lowest BCUT2D eigenvalue weighted by Gasteiger charge is -2.10. The summed E-state index contributed by atoms with van der Waals surface area (Å²) in [5, 5.41) is 3.32. The number of methoxy groups -OCH3 is 1. The van der Waals surface area contributed by atoms with E-state index in [1.165, 1.54) is 7.11 Å². The third-order valence-corrected chi connectivity index (χ3v) is 5.96. The molecule has 1 atom stereocenters. The summed E-state index contributed by atoms with van der Waals surface area (Å²) in [5.41, 5.74) is 5.11. The van der Waals surface area contributed by atoms with Gasteiger partial charge < -0.3 is 10.1 Å². The van der Waals surface area contributed by atoms with E-state index < -0.39 is 0 Å². The number of rotatable bonds is 4. The van der Waals surface area contributed by atoms with Gasteiger partial charge in [0.15, 0.2) is 5.65 Å². The summed E-state index contributed by atoms with van der Waals surface area (Å²) in [4.78, 5) is 34.3. The number of esters is 1. The number of nitrogens with one attached hydrogen (secondary N) is 1. The van der Waals surface area contributed by atoms with E-state index in [0.717, 1.165) is 41.8 Å². The first kappa shape index (κ1) is 20.1. The van der Waals surface area contributed by atoms with Crippen molar-refractivity contribution in [3.8, 4) is 16.9 Å². The van der Waals surface area contributed by atoms with Gasteiger partial charge in [-0.2, -0.15) is 0 Å². The second kappa shape index (κ2) is 8.05. The molecule has 5 rings (SSSR count). The minimum Gasteiger partial charge on any atom is -0.465 e. The van der Waals surface area contributed by atoms with Gasteiger partial charge >= 0.3 is 11.7 Å². The Labute approximate surface area is 184 Å². The Bertz CT molecular complexity index is 1360. The van der Waals surface area contributed by atoms with Crippen LogP contribution in [0.2, 0.25) is 0 Å². The van der Waals surface area contributed by atoms with Crippen molar-refractivity contribution in [2.45, 2.75) is 19.4 Å². The van der Waals surface area contributed by atoms with Gasteiger partial charge in [0.2, 0.25) is 0 Å². The van der Waals surface area contributed by atoms with Crippen molar-refractivity contribution >= 4 is 17.1 Å². The highest BCUT2D eigenvalue weighted by Crippen LogP contribution is 2.25. The van der Waals surface area contributed by atoms with E-state index in [1.807, 2.05) is 37.3 Å². The molecule has 3 aromatic heterocycles. The summed E-state index contributed by atoms with van der Waals surface area (Å²) in [7, 11) is 1.36. The molecule has 32 heavy (non-hydrogen) atoms. The van der Waals surface area contributed by atoms with Gasteiger partial charge in [0.05, 0.1) is 41.8 Å². The van der Waals surface area contributed by atoms with E-state index >= 15 is 0 Å². The number of aromatic nitrogens is 4. The standard InChI is InChI=1S/C24H23N5O3/c1-15-12-16(23(30)32-2)5-7-19(15)20-8-6-17(14-27-20)28-21-4-3-10-26-22(21)29(24(28)31)18-9-11-25-13-18/h3-8,10,12,14,18,25H,9,11,13H2,1-2H3. The number of fused-ring (bicyclic) bond motifs is 1. The molecule has 4 heterocycles. The number of carbonyl (C=O) groups is 1. The fourth-order valence-electron chi connectivity index (χ4n) is 4.36. The predicted octanol–water partition coefficient (Wildman–Crippen LogP) is 2.88. The molecule has 1 aliphatic heterocycles. The maximum atomic E-state index is 13.4. The van der Waals surface area contributed by atoms with Gasteiger partial charge in [-0.15, -0.1) is 0 Å². The third kappa shape index (κ3) is 3.29. The number of aryl methyl sites for hydroxylation is 1. The van der Waals surface area contributed by atoms with Crippen molar-refractivity contribution in [3.63, 3.8) is 0 Å². The van der Waals surface area contributed by atoms with E-state index in [0.29, 0.717) is 16.9 Å². The normalized spacial score (nSPS) is 15.9. The molecule has 1 fully saturated rings. The van der Waals surface area contributed by atoms with Crippen molar-refractivity contribution in [1.29, 1.82) is 0 Å². The molecule has 0 amide bonds. The second-order valence-corrected chi connectivity index (χ2v) is 7.90. The Kier molecular flexibility index (Phi) is 5.07. The van der Waals surface area contributed by atoms with Crippen molar-refractivity contribution in [1.82, 2.24) is 24.4 Å². The maximum absolute atomic E-state index is 13.4. The smallest absolute Gasteiger partial charge is 0.337 e. The zero-order valence-corrected chi connectivity index (χ0v) is 17.9. The highest BCUT2D eigenvalue weighted by molar-refractivity contribution is 5.90. The summed E-state index contributed by atoms with van der Waals surface area (Å²) < 4.78 is 8.25. The van der Waals surface area contributed by atoms with Gasteiger partial charge in [-0.25, -0.2) is 14.6 Å².